The molecule has 0 radical (unpaired) electrons. The maximum absolute atomic E-state index is 11.6. The highest BCUT2D eigenvalue weighted by molar-refractivity contribution is 6.01. The smallest absolute Gasteiger partial charge is 0.169 e. The van der Waals surface area contributed by atoms with E-state index in [4.69, 9.17) is 4.74 Å². The average Bonchev–Trinajstić information content (AvgIpc) is 2.15. The molecule has 2 N–H and O–H groups in total. The number of fused-ring (bicyclic) bond motifs is 1. The Bertz CT molecular complexity index is 411. The normalized spacial score (nSPS) is 19.9. The maximum atomic E-state index is 11.6. The largest absolute Gasteiger partial charge is 0.507 e. The third-order valence-electron chi connectivity index (χ3n) is 2.56. The topological polar surface area (TPSA) is 66.8 Å². The van der Waals surface area contributed by atoms with Crippen LogP contribution in [-0.2, 0) is 6.42 Å². The van der Waals surface area contributed by atoms with E-state index in [2.05, 4.69) is 0 Å². The zero-order valence-electron chi connectivity index (χ0n) is 8.36. The predicted molar refractivity (Wildman–Crippen MR) is 53.3 cm³/mol. The number of ketones is 1. The molecule has 0 fully saturated rings. The number of ether oxygens (including phenoxy) is 1. The Morgan fingerprint density at radius 2 is 2.13 bits per heavy atom. The van der Waals surface area contributed by atoms with Crippen molar-refractivity contribution in [2.75, 3.05) is 7.11 Å². The summed E-state index contributed by atoms with van der Waals surface area (Å²) in [5.74, 6) is 0.207. The first-order valence-electron chi connectivity index (χ1n) is 4.73. The molecule has 0 heterocycles. The van der Waals surface area contributed by atoms with Gasteiger partial charge in [-0.3, -0.25) is 4.79 Å². The van der Waals surface area contributed by atoms with E-state index in [9.17, 15) is 15.0 Å². The molecule has 1 aromatic rings. The summed E-state index contributed by atoms with van der Waals surface area (Å²) in [7, 11) is 1.49. The van der Waals surface area contributed by atoms with E-state index >= 15 is 0 Å². The molecule has 0 saturated carbocycles. The van der Waals surface area contributed by atoms with Crippen molar-refractivity contribution in [2.45, 2.75) is 18.9 Å². The highest BCUT2D eigenvalue weighted by Gasteiger charge is 2.26. The van der Waals surface area contributed by atoms with Crippen molar-refractivity contribution in [1.29, 1.82) is 0 Å². The second-order valence-corrected chi connectivity index (χ2v) is 3.67. The van der Waals surface area contributed by atoms with Crippen LogP contribution in [0.25, 0.3) is 0 Å². The molecule has 0 aromatic heterocycles. The van der Waals surface area contributed by atoms with Crippen LogP contribution >= 0.6 is 0 Å². The van der Waals surface area contributed by atoms with E-state index in [0.717, 1.165) is 0 Å². The quantitative estimate of drug-likeness (QED) is 0.719. The van der Waals surface area contributed by atoms with Gasteiger partial charge in [0.1, 0.15) is 11.5 Å². The molecule has 0 bridgehead atoms. The molecule has 80 valence electrons. The van der Waals surface area contributed by atoms with Crippen molar-refractivity contribution < 1.29 is 19.7 Å². The van der Waals surface area contributed by atoms with Crippen LogP contribution in [0.3, 0.4) is 0 Å². The Labute approximate surface area is 87.1 Å². The van der Waals surface area contributed by atoms with Gasteiger partial charge in [0.2, 0.25) is 0 Å². The summed E-state index contributed by atoms with van der Waals surface area (Å²) in [5.41, 5.74) is 0.969. The lowest BCUT2D eigenvalue weighted by Crippen LogP contribution is -2.24. The molecule has 1 aromatic carbocycles. The lowest BCUT2D eigenvalue weighted by atomic mass is 9.88. The van der Waals surface area contributed by atoms with Crippen LogP contribution in [0.5, 0.6) is 11.5 Å². The average molecular weight is 208 g/mol. The van der Waals surface area contributed by atoms with Crippen LogP contribution in [0, 0.1) is 0 Å². The number of aliphatic hydroxyl groups is 1. The Morgan fingerprint density at radius 1 is 1.40 bits per heavy atom. The number of carbonyl (C=O) groups excluding carboxylic acids is 1. The fourth-order valence-corrected chi connectivity index (χ4v) is 1.90. The summed E-state index contributed by atoms with van der Waals surface area (Å²) in [6, 6.07) is 3.09. The molecule has 4 nitrogen and oxygen atoms in total. The molecule has 0 spiro atoms. The predicted octanol–water partition coefficient (Wildman–Crippen LogP) is 0.891. The van der Waals surface area contributed by atoms with Gasteiger partial charge < -0.3 is 14.9 Å². The fourth-order valence-electron chi connectivity index (χ4n) is 1.90. The van der Waals surface area contributed by atoms with E-state index in [1.54, 1.807) is 6.07 Å². The first-order valence-corrected chi connectivity index (χ1v) is 4.73. The number of hydrogen-bond donors (Lipinski definition) is 2. The SMILES string of the molecule is COc1cc(O)c2c(c1)C[C@@H](O)CC2=O. The minimum Gasteiger partial charge on any atom is -0.507 e. The summed E-state index contributed by atoms with van der Waals surface area (Å²) in [6.45, 7) is 0. The number of benzene rings is 1. The number of carbonyl (C=O) groups is 1. The van der Waals surface area contributed by atoms with E-state index < -0.39 is 6.10 Å². The standard InChI is InChI=1S/C11H12O4/c1-15-8-3-6-2-7(12)4-9(13)11(6)10(14)5-8/h3,5,7,12,14H,2,4H2,1H3/t7-/m1/s1. The monoisotopic (exact) mass is 208 g/mol. The summed E-state index contributed by atoms with van der Waals surface area (Å²) in [6.07, 6.45) is -0.199. The minimum absolute atomic E-state index is 0.0683. The number of aliphatic hydroxyl groups excluding tert-OH is 1. The second-order valence-electron chi connectivity index (χ2n) is 3.67. The molecular weight excluding hydrogens is 196 g/mol. The molecule has 2 rings (SSSR count). The van der Waals surface area contributed by atoms with Gasteiger partial charge >= 0.3 is 0 Å². The zero-order valence-corrected chi connectivity index (χ0v) is 8.36. The van der Waals surface area contributed by atoms with Crippen molar-refractivity contribution in [1.82, 2.24) is 0 Å². The van der Waals surface area contributed by atoms with Gasteiger partial charge in [-0.25, -0.2) is 0 Å². The van der Waals surface area contributed by atoms with E-state index in [0.29, 0.717) is 23.3 Å². The number of phenols is 1. The highest BCUT2D eigenvalue weighted by atomic mass is 16.5. The summed E-state index contributed by atoms with van der Waals surface area (Å²) in [5, 5.41) is 19.1. The van der Waals surface area contributed by atoms with Gasteiger partial charge in [-0.05, 0) is 18.1 Å². The highest BCUT2D eigenvalue weighted by Crippen LogP contribution is 2.33. The summed E-state index contributed by atoms with van der Waals surface area (Å²) < 4.78 is 4.98. The Hall–Kier alpha value is -1.55. The van der Waals surface area contributed by atoms with Gasteiger partial charge in [0.25, 0.3) is 0 Å². The minimum atomic E-state index is -0.656. The third kappa shape index (κ3) is 1.68. The molecule has 1 aliphatic rings. The molecule has 0 unspecified atom stereocenters. The Kier molecular flexibility index (Phi) is 2.36. The number of aromatic hydroxyl groups is 1. The fraction of sp³-hybridized carbons (Fsp3) is 0.364. The van der Waals surface area contributed by atoms with Crippen molar-refractivity contribution in [2.24, 2.45) is 0 Å². The van der Waals surface area contributed by atoms with Gasteiger partial charge in [-0.1, -0.05) is 0 Å². The molecule has 15 heavy (non-hydrogen) atoms. The van der Waals surface area contributed by atoms with Crippen LogP contribution in [0.1, 0.15) is 22.3 Å². The molecular formula is C11H12O4. The summed E-state index contributed by atoms with van der Waals surface area (Å²) >= 11 is 0. The molecule has 0 saturated heterocycles. The van der Waals surface area contributed by atoms with Crippen LogP contribution in [0.2, 0.25) is 0 Å². The number of methoxy groups -OCH3 is 1. The molecule has 0 amide bonds. The van der Waals surface area contributed by atoms with Crippen LogP contribution in [-0.4, -0.2) is 29.2 Å². The van der Waals surface area contributed by atoms with Gasteiger partial charge in [0.05, 0.1) is 18.8 Å². The van der Waals surface area contributed by atoms with Gasteiger partial charge in [0.15, 0.2) is 5.78 Å². The zero-order chi connectivity index (χ0) is 11.0. The second kappa shape index (κ2) is 3.55. The molecule has 1 aliphatic carbocycles. The van der Waals surface area contributed by atoms with E-state index in [1.165, 1.54) is 13.2 Å². The van der Waals surface area contributed by atoms with Crippen molar-refractivity contribution in [3.8, 4) is 11.5 Å². The third-order valence-corrected chi connectivity index (χ3v) is 2.56. The first-order chi connectivity index (χ1) is 7.11. The molecule has 4 heteroatoms. The Balaban J connectivity index is 2.54. The molecule has 1 atom stereocenters. The maximum Gasteiger partial charge on any atom is 0.169 e. The lowest BCUT2D eigenvalue weighted by Gasteiger charge is -2.20. The number of phenolic OH excluding ortho intramolecular Hbond substituents is 1. The lowest BCUT2D eigenvalue weighted by molar-refractivity contribution is 0.0849. The van der Waals surface area contributed by atoms with Crippen LogP contribution in [0.4, 0.5) is 0 Å². The van der Waals surface area contributed by atoms with Crippen molar-refractivity contribution in [3.63, 3.8) is 0 Å². The number of rotatable bonds is 1. The van der Waals surface area contributed by atoms with Crippen LogP contribution in [0.15, 0.2) is 12.1 Å². The summed E-state index contributed by atoms with van der Waals surface area (Å²) in [4.78, 5) is 11.6. The van der Waals surface area contributed by atoms with Crippen LogP contribution < -0.4 is 4.74 Å². The van der Waals surface area contributed by atoms with E-state index in [-0.39, 0.29) is 18.0 Å². The van der Waals surface area contributed by atoms with Crippen molar-refractivity contribution >= 4 is 5.78 Å². The first kappa shape index (κ1) is 9.98. The van der Waals surface area contributed by atoms with Gasteiger partial charge in [0, 0.05) is 12.5 Å². The van der Waals surface area contributed by atoms with Crippen molar-refractivity contribution in [3.05, 3.63) is 23.3 Å². The van der Waals surface area contributed by atoms with E-state index in [1.807, 2.05) is 0 Å². The number of hydrogen-bond acceptors (Lipinski definition) is 4. The van der Waals surface area contributed by atoms with Gasteiger partial charge in [-0.2, -0.15) is 0 Å². The number of Topliss-reactive ketones (excluding diaryl/α,β-unsaturated/α-hetero) is 1. The Morgan fingerprint density at radius 3 is 2.80 bits per heavy atom. The van der Waals surface area contributed by atoms with Gasteiger partial charge in [-0.15, -0.1) is 0 Å². The molecule has 0 aliphatic heterocycles.